The summed E-state index contributed by atoms with van der Waals surface area (Å²) in [5.74, 6) is 0. The van der Waals surface area contributed by atoms with Gasteiger partial charge in [0.2, 0.25) is 0 Å². The van der Waals surface area contributed by atoms with Gasteiger partial charge in [0.05, 0.1) is 0 Å². The summed E-state index contributed by atoms with van der Waals surface area (Å²) < 4.78 is 0. The molecule has 2 amide bonds. The standard InChI is InChI=1S/C12H23N3O/c1-10-9-11(13)5-8-15(10)12(16)14-6-3-2-4-7-14/h10-11H,2-9,13H2,1H3. The zero-order valence-electron chi connectivity index (χ0n) is 10.2. The lowest BCUT2D eigenvalue weighted by Gasteiger charge is -2.40. The summed E-state index contributed by atoms with van der Waals surface area (Å²) in [7, 11) is 0. The van der Waals surface area contributed by atoms with Gasteiger partial charge in [-0.3, -0.25) is 0 Å². The number of amides is 2. The quantitative estimate of drug-likeness (QED) is 0.677. The van der Waals surface area contributed by atoms with Crippen molar-refractivity contribution in [3.8, 4) is 0 Å². The minimum Gasteiger partial charge on any atom is -0.328 e. The number of rotatable bonds is 0. The van der Waals surface area contributed by atoms with Crippen LogP contribution in [0.4, 0.5) is 4.79 Å². The van der Waals surface area contributed by atoms with Crippen LogP contribution < -0.4 is 5.73 Å². The minimum absolute atomic E-state index is 0.235. The van der Waals surface area contributed by atoms with Gasteiger partial charge in [-0.15, -0.1) is 0 Å². The predicted molar refractivity (Wildman–Crippen MR) is 64.2 cm³/mol. The molecule has 0 spiro atoms. The summed E-state index contributed by atoms with van der Waals surface area (Å²) in [6, 6.07) is 0.817. The Balaban J connectivity index is 1.92. The highest BCUT2D eigenvalue weighted by atomic mass is 16.2. The van der Waals surface area contributed by atoms with Crippen LogP contribution in [0.3, 0.4) is 0 Å². The number of carbonyl (C=O) groups excluding carboxylic acids is 1. The third-order valence-corrected chi connectivity index (χ3v) is 3.79. The van der Waals surface area contributed by atoms with Crippen LogP contribution in [-0.2, 0) is 0 Å². The molecule has 4 heteroatoms. The van der Waals surface area contributed by atoms with Gasteiger partial charge in [-0.2, -0.15) is 0 Å². The molecule has 0 aromatic carbocycles. The molecule has 0 saturated carbocycles. The van der Waals surface area contributed by atoms with Gasteiger partial charge >= 0.3 is 6.03 Å². The van der Waals surface area contributed by atoms with Crippen LogP contribution in [-0.4, -0.2) is 47.5 Å². The molecule has 2 heterocycles. The molecule has 2 saturated heterocycles. The van der Waals surface area contributed by atoms with Gasteiger partial charge in [0.15, 0.2) is 0 Å². The SMILES string of the molecule is CC1CC(N)CCN1C(=O)N1CCCCC1. The van der Waals surface area contributed by atoms with Crippen molar-refractivity contribution in [1.29, 1.82) is 0 Å². The second kappa shape index (κ2) is 5.04. The number of nitrogens with zero attached hydrogens (tertiary/aromatic N) is 2. The summed E-state index contributed by atoms with van der Waals surface area (Å²) in [6.07, 6.45) is 5.48. The van der Waals surface area contributed by atoms with Crippen molar-refractivity contribution in [2.75, 3.05) is 19.6 Å². The fraction of sp³-hybridized carbons (Fsp3) is 0.917. The Morgan fingerprint density at radius 2 is 1.88 bits per heavy atom. The average molecular weight is 225 g/mol. The van der Waals surface area contributed by atoms with Gasteiger partial charge in [0.25, 0.3) is 0 Å². The molecule has 0 aromatic heterocycles. The molecule has 0 radical (unpaired) electrons. The van der Waals surface area contributed by atoms with Crippen molar-refractivity contribution in [3.05, 3.63) is 0 Å². The summed E-state index contributed by atoms with van der Waals surface area (Å²) in [4.78, 5) is 16.3. The van der Waals surface area contributed by atoms with Crippen molar-refractivity contribution in [2.45, 2.75) is 51.1 Å². The lowest BCUT2D eigenvalue weighted by Crippen LogP contribution is -2.53. The van der Waals surface area contributed by atoms with E-state index in [1.165, 1.54) is 6.42 Å². The molecule has 2 rings (SSSR count). The zero-order valence-corrected chi connectivity index (χ0v) is 10.2. The van der Waals surface area contributed by atoms with Gasteiger partial charge in [0, 0.05) is 31.7 Å². The van der Waals surface area contributed by atoms with Gasteiger partial charge < -0.3 is 15.5 Å². The van der Waals surface area contributed by atoms with Crippen molar-refractivity contribution >= 4 is 6.03 Å². The third kappa shape index (κ3) is 2.48. The average Bonchev–Trinajstić information content (AvgIpc) is 2.29. The molecule has 2 unspecified atom stereocenters. The molecule has 2 atom stereocenters. The fourth-order valence-corrected chi connectivity index (χ4v) is 2.76. The van der Waals surface area contributed by atoms with E-state index in [1.807, 2.05) is 9.80 Å². The van der Waals surface area contributed by atoms with Crippen molar-refractivity contribution in [1.82, 2.24) is 9.80 Å². The van der Waals surface area contributed by atoms with E-state index in [9.17, 15) is 4.79 Å². The number of nitrogens with two attached hydrogens (primary N) is 1. The van der Waals surface area contributed by atoms with Gasteiger partial charge in [0.1, 0.15) is 0 Å². The molecule has 2 aliphatic rings. The fourth-order valence-electron chi connectivity index (χ4n) is 2.76. The molecule has 2 aliphatic heterocycles. The normalized spacial score (nSPS) is 31.6. The Hall–Kier alpha value is -0.770. The summed E-state index contributed by atoms with van der Waals surface area (Å²) in [6.45, 7) is 4.82. The number of carbonyl (C=O) groups is 1. The van der Waals surface area contributed by atoms with Crippen molar-refractivity contribution < 1.29 is 4.79 Å². The molecule has 16 heavy (non-hydrogen) atoms. The van der Waals surface area contributed by atoms with E-state index >= 15 is 0 Å². The first kappa shape index (κ1) is 11.7. The van der Waals surface area contributed by atoms with E-state index in [-0.39, 0.29) is 12.1 Å². The van der Waals surface area contributed by atoms with Crippen LogP contribution in [0.1, 0.15) is 39.0 Å². The zero-order chi connectivity index (χ0) is 11.5. The topological polar surface area (TPSA) is 49.6 Å². The molecule has 0 aromatic rings. The Morgan fingerprint density at radius 3 is 2.50 bits per heavy atom. The molecule has 0 bridgehead atoms. The first-order valence-corrected chi connectivity index (χ1v) is 6.49. The van der Waals surface area contributed by atoms with Gasteiger partial charge in [-0.1, -0.05) is 0 Å². The molecular formula is C12H23N3O. The Kier molecular flexibility index (Phi) is 3.69. The summed E-state index contributed by atoms with van der Waals surface area (Å²) >= 11 is 0. The molecule has 4 nitrogen and oxygen atoms in total. The van der Waals surface area contributed by atoms with E-state index in [0.29, 0.717) is 6.04 Å². The van der Waals surface area contributed by atoms with Crippen LogP contribution in [0.5, 0.6) is 0 Å². The van der Waals surface area contributed by atoms with E-state index < -0.39 is 0 Å². The molecule has 92 valence electrons. The maximum atomic E-state index is 12.3. The number of hydrogen-bond acceptors (Lipinski definition) is 2. The Bertz CT molecular complexity index is 251. The maximum Gasteiger partial charge on any atom is 0.320 e. The lowest BCUT2D eigenvalue weighted by atomic mass is 9.99. The highest BCUT2D eigenvalue weighted by Gasteiger charge is 2.30. The lowest BCUT2D eigenvalue weighted by molar-refractivity contribution is 0.109. The number of likely N-dealkylation sites (tertiary alicyclic amines) is 2. The first-order chi connectivity index (χ1) is 7.68. The van der Waals surface area contributed by atoms with E-state index in [4.69, 9.17) is 5.73 Å². The predicted octanol–water partition coefficient (Wildman–Crippen LogP) is 1.40. The van der Waals surface area contributed by atoms with E-state index in [0.717, 1.165) is 45.3 Å². The number of piperidine rings is 2. The second-order valence-electron chi connectivity index (χ2n) is 5.16. The molecule has 0 aliphatic carbocycles. The highest BCUT2D eigenvalue weighted by molar-refractivity contribution is 5.75. The molecular weight excluding hydrogens is 202 g/mol. The Morgan fingerprint density at radius 1 is 1.19 bits per heavy atom. The second-order valence-corrected chi connectivity index (χ2v) is 5.16. The van der Waals surface area contributed by atoms with E-state index in [2.05, 4.69) is 6.92 Å². The van der Waals surface area contributed by atoms with E-state index in [1.54, 1.807) is 0 Å². The summed E-state index contributed by atoms with van der Waals surface area (Å²) in [5, 5.41) is 0. The smallest absolute Gasteiger partial charge is 0.320 e. The highest BCUT2D eigenvalue weighted by Crippen LogP contribution is 2.19. The van der Waals surface area contributed by atoms with Crippen LogP contribution in [0.25, 0.3) is 0 Å². The number of urea groups is 1. The van der Waals surface area contributed by atoms with Gasteiger partial charge in [-0.05, 0) is 39.0 Å². The number of hydrogen-bond donors (Lipinski definition) is 1. The van der Waals surface area contributed by atoms with Gasteiger partial charge in [-0.25, -0.2) is 4.79 Å². The summed E-state index contributed by atoms with van der Waals surface area (Å²) in [5.41, 5.74) is 5.91. The van der Waals surface area contributed by atoms with Crippen LogP contribution in [0, 0.1) is 0 Å². The minimum atomic E-state index is 0.235. The third-order valence-electron chi connectivity index (χ3n) is 3.79. The Labute approximate surface area is 97.8 Å². The monoisotopic (exact) mass is 225 g/mol. The molecule has 2 fully saturated rings. The van der Waals surface area contributed by atoms with Crippen molar-refractivity contribution in [3.63, 3.8) is 0 Å². The first-order valence-electron chi connectivity index (χ1n) is 6.49. The van der Waals surface area contributed by atoms with Crippen molar-refractivity contribution in [2.24, 2.45) is 5.73 Å². The van der Waals surface area contributed by atoms with Crippen LogP contribution in [0.2, 0.25) is 0 Å². The van der Waals surface area contributed by atoms with Crippen LogP contribution >= 0.6 is 0 Å². The van der Waals surface area contributed by atoms with Crippen LogP contribution in [0.15, 0.2) is 0 Å². The molecule has 2 N–H and O–H groups in total. The maximum absolute atomic E-state index is 12.3. The largest absolute Gasteiger partial charge is 0.328 e.